The van der Waals surface area contributed by atoms with Crippen molar-refractivity contribution in [3.63, 3.8) is 0 Å². The van der Waals surface area contributed by atoms with Crippen LogP contribution in [0.1, 0.15) is 58.8 Å². The van der Waals surface area contributed by atoms with E-state index in [0.29, 0.717) is 0 Å². The van der Waals surface area contributed by atoms with Crippen molar-refractivity contribution in [3.05, 3.63) is 0 Å². The van der Waals surface area contributed by atoms with Gasteiger partial charge in [-0.2, -0.15) is 0 Å². The third-order valence-corrected chi connectivity index (χ3v) is 5.08. The van der Waals surface area contributed by atoms with Gasteiger partial charge in [0.2, 0.25) is 5.91 Å². The van der Waals surface area contributed by atoms with Crippen LogP contribution in [0.5, 0.6) is 0 Å². The highest BCUT2D eigenvalue weighted by Gasteiger charge is 2.34. The number of carbonyl (C=O) groups excluding carboxylic acids is 1. The quantitative estimate of drug-likeness (QED) is 0.734. The largest absolute Gasteiger partial charge is 0.354 e. The van der Waals surface area contributed by atoms with Crippen molar-refractivity contribution in [1.82, 2.24) is 10.2 Å². The lowest BCUT2D eigenvalue weighted by atomic mass is 9.82. The zero-order valence-electron chi connectivity index (χ0n) is 14.7. The highest BCUT2D eigenvalue weighted by atomic mass is 35.5. The summed E-state index contributed by atoms with van der Waals surface area (Å²) in [4.78, 5) is 14.8. The fourth-order valence-electron chi connectivity index (χ4n) is 4.06. The molecule has 2 fully saturated rings. The lowest BCUT2D eigenvalue weighted by Crippen LogP contribution is -2.55. The van der Waals surface area contributed by atoms with Crippen LogP contribution in [0.4, 0.5) is 0 Å². The van der Waals surface area contributed by atoms with Gasteiger partial charge in [-0.05, 0) is 44.1 Å². The van der Waals surface area contributed by atoms with E-state index < -0.39 is 5.54 Å². The summed E-state index contributed by atoms with van der Waals surface area (Å²) in [5.74, 6) is 1.68. The summed E-state index contributed by atoms with van der Waals surface area (Å²) < 4.78 is 0. The Morgan fingerprint density at radius 2 is 1.70 bits per heavy atom. The van der Waals surface area contributed by atoms with Crippen LogP contribution in [-0.2, 0) is 4.79 Å². The minimum Gasteiger partial charge on any atom is -0.354 e. The first-order valence-corrected chi connectivity index (χ1v) is 8.79. The van der Waals surface area contributed by atoms with Gasteiger partial charge in [-0.3, -0.25) is 4.79 Å². The number of rotatable bonds is 5. The summed E-state index contributed by atoms with van der Waals surface area (Å²) in [6.07, 6.45) is 7.47. The molecule has 1 saturated heterocycles. The van der Waals surface area contributed by atoms with Gasteiger partial charge in [-0.1, -0.05) is 33.1 Å². The van der Waals surface area contributed by atoms with Crippen molar-refractivity contribution in [3.8, 4) is 0 Å². The van der Waals surface area contributed by atoms with Gasteiger partial charge < -0.3 is 16.0 Å². The first kappa shape index (κ1) is 23.0. The Bertz CT molecular complexity index is 339. The van der Waals surface area contributed by atoms with E-state index >= 15 is 0 Å². The van der Waals surface area contributed by atoms with Crippen LogP contribution in [0, 0.1) is 11.8 Å². The van der Waals surface area contributed by atoms with Gasteiger partial charge in [-0.15, -0.1) is 24.8 Å². The molecule has 4 nitrogen and oxygen atoms in total. The van der Waals surface area contributed by atoms with E-state index in [0.717, 1.165) is 57.0 Å². The zero-order chi connectivity index (χ0) is 15.3. The Labute approximate surface area is 154 Å². The van der Waals surface area contributed by atoms with Gasteiger partial charge in [0.05, 0.1) is 5.54 Å². The van der Waals surface area contributed by atoms with E-state index in [1.807, 2.05) is 0 Å². The SMILES string of the molecule is CC1CC(C)CN(CCCNC(=O)C2(N)CCCCC2)C1.Cl.Cl. The molecule has 23 heavy (non-hydrogen) atoms. The number of nitrogens with zero attached hydrogens (tertiary/aromatic N) is 1. The molecule has 0 bridgehead atoms. The molecule has 1 heterocycles. The molecule has 0 spiro atoms. The number of nitrogens with one attached hydrogen (secondary N) is 1. The average molecular weight is 368 g/mol. The smallest absolute Gasteiger partial charge is 0.240 e. The van der Waals surface area contributed by atoms with Crippen molar-refractivity contribution < 1.29 is 4.79 Å². The zero-order valence-corrected chi connectivity index (χ0v) is 16.3. The maximum Gasteiger partial charge on any atom is 0.240 e. The van der Waals surface area contributed by atoms with E-state index in [-0.39, 0.29) is 30.7 Å². The summed E-state index contributed by atoms with van der Waals surface area (Å²) in [6, 6.07) is 0. The number of carbonyl (C=O) groups is 1. The molecular weight excluding hydrogens is 333 g/mol. The first-order chi connectivity index (χ1) is 9.99. The van der Waals surface area contributed by atoms with Crippen molar-refractivity contribution in [2.24, 2.45) is 17.6 Å². The number of halogens is 2. The maximum atomic E-state index is 12.2. The Morgan fingerprint density at radius 3 is 2.26 bits per heavy atom. The molecule has 1 saturated carbocycles. The predicted molar refractivity (Wildman–Crippen MR) is 102 cm³/mol. The molecule has 2 unspecified atom stereocenters. The van der Waals surface area contributed by atoms with E-state index in [1.54, 1.807) is 0 Å². The molecule has 138 valence electrons. The second-order valence-corrected chi connectivity index (χ2v) is 7.53. The number of nitrogens with two attached hydrogens (primary N) is 1. The Balaban J connectivity index is 0.00000242. The van der Waals surface area contributed by atoms with Crippen LogP contribution in [0.2, 0.25) is 0 Å². The minimum absolute atomic E-state index is 0. The topological polar surface area (TPSA) is 58.4 Å². The molecule has 0 aromatic carbocycles. The van der Waals surface area contributed by atoms with Crippen LogP contribution < -0.4 is 11.1 Å². The number of piperidine rings is 1. The molecule has 2 atom stereocenters. The number of likely N-dealkylation sites (tertiary alicyclic amines) is 1. The van der Waals surface area contributed by atoms with Crippen LogP contribution in [-0.4, -0.2) is 42.5 Å². The molecule has 1 aliphatic carbocycles. The number of hydrogen-bond donors (Lipinski definition) is 2. The molecule has 6 heteroatoms. The summed E-state index contributed by atoms with van der Waals surface area (Å²) in [5, 5.41) is 3.06. The molecule has 1 amide bonds. The normalized spacial score (nSPS) is 27.4. The van der Waals surface area contributed by atoms with Crippen molar-refractivity contribution in [2.75, 3.05) is 26.2 Å². The summed E-state index contributed by atoms with van der Waals surface area (Å²) in [6.45, 7) is 8.94. The molecule has 2 aliphatic rings. The number of amides is 1. The van der Waals surface area contributed by atoms with Crippen LogP contribution in [0.25, 0.3) is 0 Å². The lowest BCUT2D eigenvalue weighted by Gasteiger charge is -2.35. The fraction of sp³-hybridized carbons (Fsp3) is 0.941. The molecule has 1 aliphatic heterocycles. The van der Waals surface area contributed by atoms with Crippen molar-refractivity contribution in [2.45, 2.75) is 64.3 Å². The molecule has 0 radical (unpaired) electrons. The van der Waals surface area contributed by atoms with Gasteiger partial charge in [0.15, 0.2) is 0 Å². The van der Waals surface area contributed by atoms with E-state index in [9.17, 15) is 4.79 Å². The Morgan fingerprint density at radius 1 is 1.13 bits per heavy atom. The lowest BCUT2D eigenvalue weighted by molar-refractivity contribution is -0.127. The van der Waals surface area contributed by atoms with Crippen LogP contribution in [0.15, 0.2) is 0 Å². The maximum absolute atomic E-state index is 12.2. The number of hydrogen-bond acceptors (Lipinski definition) is 3. The average Bonchev–Trinajstić information content (AvgIpc) is 2.43. The summed E-state index contributed by atoms with van der Waals surface area (Å²) >= 11 is 0. The minimum atomic E-state index is -0.591. The monoisotopic (exact) mass is 367 g/mol. The van der Waals surface area contributed by atoms with Crippen molar-refractivity contribution in [1.29, 1.82) is 0 Å². The van der Waals surface area contributed by atoms with Gasteiger partial charge in [0.25, 0.3) is 0 Å². The summed E-state index contributed by atoms with van der Waals surface area (Å²) in [5.41, 5.74) is 5.65. The molecule has 0 aromatic rings. The van der Waals surface area contributed by atoms with E-state index in [1.165, 1.54) is 25.9 Å². The van der Waals surface area contributed by atoms with Crippen LogP contribution in [0.3, 0.4) is 0 Å². The predicted octanol–water partition coefficient (Wildman–Crippen LogP) is 2.98. The second-order valence-electron chi connectivity index (χ2n) is 7.53. The molecule has 2 rings (SSSR count). The molecular formula is C17H35Cl2N3O. The van der Waals surface area contributed by atoms with Crippen molar-refractivity contribution >= 4 is 30.7 Å². The van der Waals surface area contributed by atoms with Crippen LogP contribution >= 0.6 is 24.8 Å². The molecule has 0 aromatic heterocycles. The Kier molecular flexibility index (Phi) is 10.7. The highest BCUT2D eigenvalue weighted by Crippen LogP contribution is 2.26. The first-order valence-electron chi connectivity index (χ1n) is 8.79. The van der Waals surface area contributed by atoms with Gasteiger partial charge in [-0.25, -0.2) is 0 Å². The standard InChI is InChI=1S/C17H33N3O.2ClH/c1-14-11-15(2)13-20(12-14)10-6-9-19-16(21)17(18)7-4-3-5-8-17;;/h14-15H,3-13,18H2,1-2H3,(H,19,21);2*1H. The third-order valence-electron chi connectivity index (χ3n) is 5.08. The van der Waals surface area contributed by atoms with Gasteiger partial charge in [0.1, 0.15) is 0 Å². The summed E-state index contributed by atoms with van der Waals surface area (Å²) in [7, 11) is 0. The fourth-order valence-corrected chi connectivity index (χ4v) is 4.06. The Hall–Kier alpha value is -0.0300. The van der Waals surface area contributed by atoms with Gasteiger partial charge in [0, 0.05) is 19.6 Å². The molecule has 3 N–H and O–H groups in total. The highest BCUT2D eigenvalue weighted by molar-refractivity contribution is 5.86. The van der Waals surface area contributed by atoms with E-state index in [4.69, 9.17) is 5.73 Å². The third kappa shape index (κ3) is 7.16. The van der Waals surface area contributed by atoms with Gasteiger partial charge >= 0.3 is 0 Å². The second kappa shape index (κ2) is 10.8. The van der Waals surface area contributed by atoms with E-state index in [2.05, 4.69) is 24.1 Å².